The summed E-state index contributed by atoms with van der Waals surface area (Å²) in [4.78, 5) is 11.4. The van der Waals surface area contributed by atoms with Gasteiger partial charge in [-0.05, 0) is 63.1 Å². The molecule has 2 aromatic carbocycles. The first kappa shape index (κ1) is 15.9. The first-order valence-electron chi connectivity index (χ1n) is 7.38. The average molecular weight is 298 g/mol. The van der Waals surface area contributed by atoms with Crippen LogP contribution in [0.15, 0.2) is 36.4 Å². The Morgan fingerprint density at radius 2 is 1.55 bits per heavy atom. The highest BCUT2D eigenvalue weighted by molar-refractivity contribution is 5.85. The number of ether oxygens (including phenoxy) is 1. The van der Waals surface area contributed by atoms with Gasteiger partial charge in [-0.15, -0.1) is 0 Å². The van der Waals surface area contributed by atoms with Crippen molar-refractivity contribution in [1.29, 1.82) is 0 Å². The highest BCUT2D eigenvalue weighted by Gasteiger charge is 2.05. The van der Waals surface area contributed by atoms with E-state index in [-0.39, 0.29) is 0 Å². The number of anilines is 3. The molecule has 0 unspecified atom stereocenters. The number of hydrogen-bond donors (Lipinski definition) is 2. The van der Waals surface area contributed by atoms with Crippen LogP contribution < -0.4 is 10.6 Å². The summed E-state index contributed by atoms with van der Waals surface area (Å²) in [6, 6.07) is 11.9. The number of carbonyl (C=O) groups excluding carboxylic acids is 1. The van der Waals surface area contributed by atoms with Crippen molar-refractivity contribution in [2.75, 3.05) is 17.2 Å². The summed E-state index contributed by atoms with van der Waals surface area (Å²) in [6.45, 7) is 8.42. The summed E-state index contributed by atoms with van der Waals surface area (Å²) in [7, 11) is 0. The van der Waals surface area contributed by atoms with E-state index in [1.54, 1.807) is 6.92 Å². The van der Waals surface area contributed by atoms with Gasteiger partial charge in [-0.1, -0.05) is 17.7 Å². The zero-order valence-corrected chi connectivity index (χ0v) is 13.5. The lowest BCUT2D eigenvalue weighted by Crippen LogP contribution is -2.13. The fourth-order valence-corrected chi connectivity index (χ4v) is 2.44. The molecule has 0 atom stereocenters. The van der Waals surface area contributed by atoms with Gasteiger partial charge in [0.05, 0.1) is 6.61 Å². The summed E-state index contributed by atoms with van der Waals surface area (Å²) in [5.74, 6) is 0. The number of aryl methyl sites for hydroxylation is 3. The monoisotopic (exact) mass is 298 g/mol. The second-order valence-electron chi connectivity index (χ2n) is 5.32. The summed E-state index contributed by atoms with van der Waals surface area (Å²) < 4.78 is 4.85. The number of benzene rings is 2. The molecule has 0 aliphatic rings. The molecular formula is C18H22N2O2. The van der Waals surface area contributed by atoms with Crippen molar-refractivity contribution < 1.29 is 9.53 Å². The van der Waals surface area contributed by atoms with Gasteiger partial charge in [-0.2, -0.15) is 0 Å². The molecule has 0 spiro atoms. The Balaban J connectivity index is 2.10. The van der Waals surface area contributed by atoms with E-state index in [1.165, 1.54) is 16.7 Å². The predicted molar refractivity (Wildman–Crippen MR) is 91.0 cm³/mol. The molecule has 2 rings (SSSR count). The van der Waals surface area contributed by atoms with Crippen LogP contribution in [0.25, 0.3) is 0 Å². The Hall–Kier alpha value is -2.49. The largest absolute Gasteiger partial charge is 0.450 e. The van der Waals surface area contributed by atoms with E-state index >= 15 is 0 Å². The molecule has 0 fully saturated rings. The van der Waals surface area contributed by atoms with E-state index in [4.69, 9.17) is 4.74 Å². The number of amides is 1. The number of carbonyl (C=O) groups is 1. The Bertz CT molecular complexity index is 640. The van der Waals surface area contributed by atoms with Gasteiger partial charge >= 0.3 is 6.09 Å². The van der Waals surface area contributed by atoms with Gasteiger partial charge in [0.2, 0.25) is 0 Å². The van der Waals surface area contributed by atoms with Gasteiger partial charge in [0.15, 0.2) is 0 Å². The first-order chi connectivity index (χ1) is 10.5. The van der Waals surface area contributed by atoms with Crippen molar-refractivity contribution in [2.24, 2.45) is 0 Å². The van der Waals surface area contributed by atoms with Crippen LogP contribution in [0.5, 0.6) is 0 Å². The molecule has 4 nitrogen and oxygen atoms in total. The van der Waals surface area contributed by atoms with Gasteiger partial charge in [0, 0.05) is 17.1 Å². The van der Waals surface area contributed by atoms with E-state index < -0.39 is 6.09 Å². The van der Waals surface area contributed by atoms with Gasteiger partial charge in [0.1, 0.15) is 0 Å². The molecular weight excluding hydrogens is 276 g/mol. The third kappa shape index (κ3) is 4.01. The molecule has 116 valence electrons. The second kappa shape index (κ2) is 6.98. The van der Waals surface area contributed by atoms with E-state index in [1.807, 2.05) is 24.3 Å². The number of nitrogens with one attached hydrogen (secondary N) is 2. The molecule has 1 amide bonds. The molecule has 4 heteroatoms. The first-order valence-corrected chi connectivity index (χ1v) is 7.38. The minimum Gasteiger partial charge on any atom is -0.450 e. The predicted octanol–water partition coefficient (Wildman–Crippen LogP) is 4.92. The second-order valence-corrected chi connectivity index (χ2v) is 5.32. The number of hydrogen-bond acceptors (Lipinski definition) is 3. The van der Waals surface area contributed by atoms with Crippen molar-refractivity contribution in [3.8, 4) is 0 Å². The van der Waals surface area contributed by atoms with E-state index in [0.717, 1.165) is 11.4 Å². The van der Waals surface area contributed by atoms with Crippen LogP contribution in [-0.2, 0) is 4.74 Å². The maximum absolute atomic E-state index is 11.4. The molecule has 0 saturated carbocycles. The topological polar surface area (TPSA) is 50.4 Å². The molecule has 0 saturated heterocycles. The number of rotatable bonds is 4. The molecule has 0 aliphatic heterocycles. The minimum absolute atomic E-state index is 0.359. The quantitative estimate of drug-likeness (QED) is 0.842. The zero-order chi connectivity index (χ0) is 16.1. The fourth-order valence-electron chi connectivity index (χ4n) is 2.44. The van der Waals surface area contributed by atoms with Crippen LogP contribution in [0.3, 0.4) is 0 Å². The molecule has 22 heavy (non-hydrogen) atoms. The minimum atomic E-state index is -0.437. The van der Waals surface area contributed by atoms with Crippen LogP contribution in [0.1, 0.15) is 23.6 Å². The fraction of sp³-hybridized carbons (Fsp3) is 0.278. The standard InChI is InChI=1S/C18H22N2O2/c1-5-22-18(21)20-16-8-6-15(7-9-16)19-17-13(3)10-12(2)11-14(17)4/h6-11,19H,5H2,1-4H3,(H,20,21). The molecule has 0 radical (unpaired) electrons. The van der Waals surface area contributed by atoms with Crippen molar-refractivity contribution in [3.05, 3.63) is 53.1 Å². The lowest BCUT2D eigenvalue weighted by Gasteiger charge is -2.14. The smallest absolute Gasteiger partial charge is 0.411 e. The third-order valence-corrected chi connectivity index (χ3v) is 3.35. The molecule has 2 N–H and O–H groups in total. The van der Waals surface area contributed by atoms with Gasteiger partial charge in [-0.25, -0.2) is 4.79 Å². The Morgan fingerprint density at radius 3 is 2.09 bits per heavy atom. The maximum atomic E-state index is 11.4. The SMILES string of the molecule is CCOC(=O)Nc1ccc(Nc2c(C)cc(C)cc2C)cc1. The Morgan fingerprint density at radius 1 is 1.00 bits per heavy atom. The van der Waals surface area contributed by atoms with Crippen LogP contribution in [0, 0.1) is 20.8 Å². The third-order valence-electron chi connectivity index (χ3n) is 3.35. The van der Waals surface area contributed by atoms with Crippen molar-refractivity contribution >= 4 is 23.2 Å². The summed E-state index contributed by atoms with van der Waals surface area (Å²) in [6.07, 6.45) is -0.437. The van der Waals surface area contributed by atoms with Crippen LogP contribution in [0.2, 0.25) is 0 Å². The summed E-state index contributed by atoms with van der Waals surface area (Å²) in [5, 5.41) is 6.10. The van der Waals surface area contributed by atoms with Gasteiger partial charge < -0.3 is 10.1 Å². The van der Waals surface area contributed by atoms with Crippen LogP contribution in [0.4, 0.5) is 21.9 Å². The highest BCUT2D eigenvalue weighted by atomic mass is 16.5. The lowest BCUT2D eigenvalue weighted by atomic mass is 10.0. The molecule has 2 aromatic rings. The van der Waals surface area contributed by atoms with Crippen molar-refractivity contribution in [1.82, 2.24) is 0 Å². The molecule has 0 bridgehead atoms. The zero-order valence-electron chi connectivity index (χ0n) is 13.5. The molecule has 0 heterocycles. The average Bonchev–Trinajstić information content (AvgIpc) is 2.45. The van der Waals surface area contributed by atoms with E-state index in [9.17, 15) is 4.79 Å². The molecule has 0 aliphatic carbocycles. The van der Waals surface area contributed by atoms with Crippen LogP contribution in [-0.4, -0.2) is 12.7 Å². The normalized spacial score (nSPS) is 10.2. The van der Waals surface area contributed by atoms with E-state index in [0.29, 0.717) is 12.3 Å². The summed E-state index contributed by atoms with van der Waals surface area (Å²) in [5.41, 5.74) is 6.49. The lowest BCUT2D eigenvalue weighted by molar-refractivity contribution is 0.168. The maximum Gasteiger partial charge on any atom is 0.411 e. The Kier molecular flexibility index (Phi) is 5.04. The van der Waals surface area contributed by atoms with Gasteiger partial charge in [-0.3, -0.25) is 5.32 Å². The van der Waals surface area contributed by atoms with Crippen molar-refractivity contribution in [2.45, 2.75) is 27.7 Å². The van der Waals surface area contributed by atoms with Crippen molar-refractivity contribution in [3.63, 3.8) is 0 Å². The summed E-state index contributed by atoms with van der Waals surface area (Å²) >= 11 is 0. The highest BCUT2D eigenvalue weighted by Crippen LogP contribution is 2.26. The van der Waals surface area contributed by atoms with Crippen LogP contribution >= 0.6 is 0 Å². The molecule has 0 aromatic heterocycles. The Labute approximate surface area is 131 Å². The van der Waals surface area contributed by atoms with Gasteiger partial charge in [0.25, 0.3) is 0 Å². The van der Waals surface area contributed by atoms with E-state index in [2.05, 4.69) is 43.5 Å².